The number of carbonyl (C=O) groups is 1. The van der Waals surface area contributed by atoms with Gasteiger partial charge >= 0.3 is 0 Å². The van der Waals surface area contributed by atoms with Crippen molar-refractivity contribution >= 4 is 11.6 Å². The van der Waals surface area contributed by atoms with Crippen molar-refractivity contribution in [3.05, 3.63) is 24.3 Å². The van der Waals surface area contributed by atoms with Crippen molar-refractivity contribution in [2.75, 3.05) is 32.2 Å². The van der Waals surface area contributed by atoms with Gasteiger partial charge in [-0.2, -0.15) is 0 Å². The molecule has 2 aliphatic rings. The summed E-state index contributed by atoms with van der Waals surface area (Å²) in [7, 11) is 1.63. The first-order valence-electron chi connectivity index (χ1n) is 8.85. The van der Waals surface area contributed by atoms with E-state index in [4.69, 9.17) is 19.9 Å². The lowest BCUT2D eigenvalue weighted by molar-refractivity contribution is -0.222. The van der Waals surface area contributed by atoms with Crippen LogP contribution in [0.25, 0.3) is 0 Å². The van der Waals surface area contributed by atoms with Gasteiger partial charge in [-0.3, -0.25) is 4.79 Å². The molecule has 3 unspecified atom stereocenters. The van der Waals surface area contributed by atoms with Gasteiger partial charge in [-0.05, 0) is 25.0 Å². The lowest BCUT2D eigenvalue weighted by atomic mass is 9.46. The maximum atomic E-state index is 13.0. The summed E-state index contributed by atoms with van der Waals surface area (Å²) in [6, 6.07) is 7.34. The van der Waals surface area contributed by atoms with Crippen molar-refractivity contribution < 1.29 is 19.0 Å². The summed E-state index contributed by atoms with van der Waals surface area (Å²) in [5.41, 5.74) is 5.98. The highest BCUT2D eigenvalue weighted by atomic mass is 16.5. The van der Waals surface area contributed by atoms with Gasteiger partial charge in [-0.25, -0.2) is 0 Å². The molecule has 1 saturated carbocycles. The lowest BCUT2D eigenvalue weighted by Gasteiger charge is -2.65. The molecule has 0 bridgehead atoms. The summed E-state index contributed by atoms with van der Waals surface area (Å²) >= 11 is 0. The predicted molar refractivity (Wildman–Crippen MR) is 95.6 cm³/mol. The number of carbonyl (C=O) groups excluding carboxylic acids is 1. The number of benzene rings is 1. The fourth-order valence-electron chi connectivity index (χ4n) is 4.18. The summed E-state index contributed by atoms with van der Waals surface area (Å²) < 4.78 is 16.4. The van der Waals surface area contributed by atoms with Crippen LogP contribution < -0.4 is 15.8 Å². The van der Waals surface area contributed by atoms with Crippen molar-refractivity contribution in [3.8, 4) is 5.75 Å². The van der Waals surface area contributed by atoms with Crippen LogP contribution in [0.2, 0.25) is 0 Å². The average Bonchev–Trinajstić information content (AvgIpc) is 2.61. The van der Waals surface area contributed by atoms with Gasteiger partial charge in [0.25, 0.3) is 0 Å². The third kappa shape index (κ3) is 3.03. The van der Waals surface area contributed by atoms with E-state index < -0.39 is 11.0 Å². The molecule has 1 aliphatic carbocycles. The summed E-state index contributed by atoms with van der Waals surface area (Å²) in [5, 5.41) is 2.97. The van der Waals surface area contributed by atoms with Crippen LogP contribution in [0.4, 0.5) is 5.69 Å². The first-order valence-corrected chi connectivity index (χ1v) is 8.85. The molecule has 0 radical (unpaired) electrons. The van der Waals surface area contributed by atoms with Crippen molar-refractivity contribution in [1.29, 1.82) is 0 Å². The Hall–Kier alpha value is -1.63. The van der Waals surface area contributed by atoms with Crippen LogP contribution in [0.15, 0.2) is 24.3 Å². The number of hydrogen-bond acceptors (Lipinski definition) is 5. The maximum absolute atomic E-state index is 13.0. The minimum absolute atomic E-state index is 0.0562. The van der Waals surface area contributed by atoms with Crippen LogP contribution in [0.1, 0.15) is 26.7 Å². The molecule has 1 heterocycles. The molecule has 0 spiro atoms. The Balaban J connectivity index is 1.70. The van der Waals surface area contributed by atoms with E-state index in [2.05, 4.69) is 5.32 Å². The van der Waals surface area contributed by atoms with Crippen molar-refractivity contribution in [1.82, 2.24) is 0 Å². The molecule has 1 aromatic rings. The van der Waals surface area contributed by atoms with Gasteiger partial charge in [0.1, 0.15) is 17.9 Å². The van der Waals surface area contributed by atoms with E-state index in [1.807, 2.05) is 32.0 Å². The normalized spacial score (nSPS) is 30.1. The van der Waals surface area contributed by atoms with Gasteiger partial charge in [0, 0.05) is 36.8 Å². The van der Waals surface area contributed by atoms with Crippen LogP contribution in [0, 0.1) is 11.3 Å². The molecule has 6 nitrogen and oxygen atoms in total. The Bertz CT molecular complexity index is 634. The second-order valence-corrected chi connectivity index (χ2v) is 7.45. The highest BCUT2D eigenvalue weighted by molar-refractivity contribution is 6.00. The molecule has 3 atom stereocenters. The van der Waals surface area contributed by atoms with E-state index in [0.717, 1.165) is 19.4 Å². The molecule has 138 valence electrons. The molecule has 1 aromatic carbocycles. The number of hydrogen-bond donors (Lipinski definition) is 2. The topological polar surface area (TPSA) is 82.8 Å². The summed E-state index contributed by atoms with van der Waals surface area (Å²) in [6.07, 6.45) is 1.94. The highest BCUT2D eigenvalue weighted by Gasteiger charge is 2.70. The largest absolute Gasteiger partial charge is 0.491 e. The quantitative estimate of drug-likeness (QED) is 0.770. The van der Waals surface area contributed by atoms with E-state index >= 15 is 0 Å². The molecule has 1 saturated heterocycles. The zero-order chi connectivity index (χ0) is 18.1. The molecule has 0 aromatic heterocycles. The minimum atomic E-state index is -0.926. The molecule has 25 heavy (non-hydrogen) atoms. The Morgan fingerprint density at radius 2 is 2.20 bits per heavy atom. The number of anilines is 1. The van der Waals surface area contributed by atoms with Crippen molar-refractivity contribution in [3.63, 3.8) is 0 Å². The molecule has 2 fully saturated rings. The van der Waals surface area contributed by atoms with Gasteiger partial charge in [0.15, 0.2) is 0 Å². The molecule has 1 amide bonds. The number of fused-ring (bicyclic) bond motifs is 1. The minimum Gasteiger partial charge on any atom is -0.491 e. The fraction of sp³-hybridized carbons (Fsp3) is 0.632. The van der Waals surface area contributed by atoms with Crippen LogP contribution in [-0.2, 0) is 14.3 Å². The zero-order valence-corrected chi connectivity index (χ0v) is 15.2. The van der Waals surface area contributed by atoms with E-state index in [0.29, 0.717) is 24.7 Å². The average molecular weight is 348 g/mol. The third-order valence-corrected chi connectivity index (χ3v) is 5.71. The van der Waals surface area contributed by atoms with Crippen LogP contribution in [-0.4, -0.2) is 44.5 Å². The molecular weight excluding hydrogens is 320 g/mol. The second kappa shape index (κ2) is 6.94. The molecular formula is C19H28N2O4. The number of nitrogens with two attached hydrogens (primary N) is 1. The Kier molecular flexibility index (Phi) is 5.04. The highest BCUT2D eigenvalue weighted by Crippen LogP contribution is 2.57. The second-order valence-electron chi connectivity index (χ2n) is 7.45. The molecule has 6 heteroatoms. The van der Waals surface area contributed by atoms with Crippen LogP contribution >= 0.6 is 0 Å². The van der Waals surface area contributed by atoms with Gasteiger partial charge in [-0.15, -0.1) is 0 Å². The predicted octanol–water partition coefficient (Wildman–Crippen LogP) is 2.18. The van der Waals surface area contributed by atoms with Crippen LogP contribution in [0.5, 0.6) is 5.75 Å². The van der Waals surface area contributed by atoms with Gasteiger partial charge in [0.2, 0.25) is 5.91 Å². The Morgan fingerprint density at radius 3 is 2.96 bits per heavy atom. The Labute approximate surface area is 149 Å². The van der Waals surface area contributed by atoms with Crippen molar-refractivity contribution in [2.24, 2.45) is 17.1 Å². The summed E-state index contributed by atoms with van der Waals surface area (Å²) in [5.74, 6) is 0.600. The van der Waals surface area contributed by atoms with Crippen molar-refractivity contribution in [2.45, 2.75) is 38.3 Å². The lowest BCUT2D eigenvalue weighted by Crippen LogP contribution is -2.81. The van der Waals surface area contributed by atoms with E-state index in [9.17, 15) is 4.79 Å². The summed E-state index contributed by atoms with van der Waals surface area (Å²) in [4.78, 5) is 13.0. The third-order valence-electron chi connectivity index (χ3n) is 5.71. The SMILES string of the molecule is COCCOc1cccc(NC(=O)C2(N)C3CCCOC3C2(C)C)c1. The standard InChI is InChI=1S/C19H28N2O4/c1-18(2)16-15(8-5-9-25-16)19(18,20)17(22)21-13-6-4-7-14(12-13)24-11-10-23-3/h4,6-7,12,15-16H,5,8-11,20H2,1-3H3,(H,21,22). The van der Waals surface area contributed by atoms with Gasteiger partial charge < -0.3 is 25.3 Å². The zero-order valence-electron chi connectivity index (χ0n) is 15.2. The van der Waals surface area contributed by atoms with E-state index in [-0.39, 0.29) is 17.9 Å². The van der Waals surface area contributed by atoms with E-state index in [1.165, 1.54) is 0 Å². The first-order chi connectivity index (χ1) is 11.9. The number of rotatable bonds is 6. The number of ether oxygens (including phenoxy) is 3. The molecule has 1 aliphatic heterocycles. The number of amides is 1. The summed E-state index contributed by atoms with van der Waals surface area (Å²) in [6.45, 7) is 5.76. The van der Waals surface area contributed by atoms with Gasteiger partial charge in [-0.1, -0.05) is 19.9 Å². The smallest absolute Gasteiger partial charge is 0.245 e. The number of methoxy groups -OCH3 is 1. The molecule has 3 N–H and O–H groups in total. The Morgan fingerprint density at radius 1 is 1.40 bits per heavy atom. The van der Waals surface area contributed by atoms with Gasteiger partial charge in [0.05, 0.1) is 12.7 Å². The van der Waals surface area contributed by atoms with E-state index in [1.54, 1.807) is 13.2 Å². The number of nitrogens with one attached hydrogen (secondary N) is 1. The first kappa shape index (κ1) is 18.2. The maximum Gasteiger partial charge on any atom is 0.245 e. The monoisotopic (exact) mass is 348 g/mol. The molecule has 3 rings (SSSR count). The fourth-order valence-corrected chi connectivity index (χ4v) is 4.18. The van der Waals surface area contributed by atoms with Crippen LogP contribution in [0.3, 0.4) is 0 Å².